The Morgan fingerprint density at radius 2 is 0.864 bits per heavy atom. The second kappa shape index (κ2) is 36.9. The molecule has 0 aliphatic carbocycles. The summed E-state index contributed by atoms with van der Waals surface area (Å²) in [4.78, 5) is 161. The summed E-state index contributed by atoms with van der Waals surface area (Å²) in [6.45, 7) is 12.9. The van der Waals surface area contributed by atoms with Crippen LogP contribution in [-0.4, -0.2) is 147 Å². The van der Waals surface area contributed by atoms with Gasteiger partial charge < -0.3 is 74.6 Å². The number of carbonyl (C=O) groups is 12. The van der Waals surface area contributed by atoms with Gasteiger partial charge in [-0.1, -0.05) is 135 Å². The quantitative estimate of drug-likeness (QED) is 0.0376. The number of carbonyl (C=O) groups excluding carboxylic acids is 10. The van der Waals surface area contributed by atoms with E-state index < -0.39 is 157 Å². The molecule has 16 N–H and O–H groups in total. The standard InChI is InChI=1S/C62H89N11O15/c1-9-37(8)53(61(86)67-44(25-27-51(77)78)57(82)73-52(36(6)7)62(87)88)72-50(76)33-65-55(80)47(31-38-16-12-10-13-17-38)70-60(85)48(32-39-18-14-11-15-19-39)71-59(84)46(29-35(4)5)69-56(81)43(24-26-49(64)75)66-58(83)45(28-34(2)3)68-54(79)42(63)30-40-20-22-41(74)23-21-40/h10-23,34-37,42-48,52-53,74H,9,24-33,63H2,1-8H3,(H2,64,75)(H,65,80)(H,66,83)(H,67,86)(H,68,79)(H,69,81)(H,70,85)(H,71,84)(H,72,76)(H,73,82)(H,77,78)(H,87,88)/t37-,42-,43-,44-,45-,46-,47-,48-,52-,53-/m0/s1. The normalized spacial score (nSPS) is 14.6. The van der Waals surface area contributed by atoms with Crippen LogP contribution in [0.4, 0.5) is 0 Å². The van der Waals surface area contributed by atoms with Gasteiger partial charge in [0.2, 0.25) is 59.1 Å². The second-order valence-corrected chi connectivity index (χ2v) is 23.1. The highest BCUT2D eigenvalue weighted by Crippen LogP contribution is 2.16. The molecule has 3 rings (SSSR count). The molecule has 0 bridgehead atoms. The molecular weight excluding hydrogens is 1140 g/mol. The van der Waals surface area contributed by atoms with E-state index in [1.54, 1.807) is 114 Å². The van der Waals surface area contributed by atoms with E-state index in [9.17, 15) is 72.9 Å². The van der Waals surface area contributed by atoms with Crippen molar-refractivity contribution in [3.63, 3.8) is 0 Å². The molecule has 10 amide bonds. The number of phenolic OH excluding ortho intramolecular Hbond substituents is 1. The number of aromatic hydroxyl groups is 1. The van der Waals surface area contributed by atoms with E-state index in [4.69, 9.17) is 11.5 Å². The Balaban J connectivity index is 1.90. The van der Waals surface area contributed by atoms with E-state index in [1.807, 2.05) is 13.8 Å². The third-order valence-electron chi connectivity index (χ3n) is 14.3. The summed E-state index contributed by atoms with van der Waals surface area (Å²) in [7, 11) is 0. The largest absolute Gasteiger partial charge is 0.508 e. The van der Waals surface area contributed by atoms with E-state index in [-0.39, 0.29) is 62.5 Å². The van der Waals surface area contributed by atoms with Crippen molar-refractivity contribution >= 4 is 71.0 Å². The number of nitrogens with two attached hydrogens (primary N) is 2. The molecule has 3 aromatic rings. The van der Waals surface area contributed by atoms with E-state index in [1.165, 1.54) is 12.1 Å². The first-order valence-corrected chi connectivity index (χ1v) is 29.5. The van der Waals surface area contributed by atoms with Gasteiger partial charge in [0, 0.05) is 25.7 Å². The number of nitrogens with one attached hydrogen (secondary N) is 9. The molecule has 0 saturated heterocycles. The molecule has 10 atom stereocenters. The van der Waals surface area contributed by atoms with Crippen molar-refractivity contribution in [1.82, 2.24) is 47.9 Å². The maximum absolute atomic E-state index is 14.7. The number of primary amides is 1. The zero-order valence-electron chi connectivity index (χ0n) is 51.3. The average molecular weight is 1230 g/mol. The second-order valence-electron chi connectivity index (χ2n) is 23.1. The summed E-state index contributed by atoms with van der Waals surface area (Å²) in [5.41, 5.74) is 13.5. The van der Waals surface area contributed by atoms with Crippen LogP contribution >= 0.6 is 0 Å². The van der Waals surface area contributed by atoms with Gasteiger partial charge >= 0.3 is 11.9 Å². The first kappa shape index (κ1) is 73.3. The van der Waals surface area contributed by atoms with E-state index in [0.717, 1.165) is 0 Å². The van der Waals surface area contributed by atoms with Gasteiger partial charge in [0.25, 0.3) is 0 Å². The van der Waals surface area contributed by atoms with Gasteiger partial charge in [-0.3, -0.25) is 52.7 Å². The number of aliphatic carboxylic acids is 2. The first-order valence-electron chi connectivity index (χ1n) is 29.5. The van der Waals surface area contributed by atoms with Gasteiger partial charge in [0.1, 0.15) is 54.1 Å². The van der Waals surface area contributed by atoms with Crippen molar-refractivity contribution in [2.75, 3.05) is 6.54 Å². The highest BCUT2D eigenvalue weighted by atomic mass is 16.4. The van der Waals surface area contributed by atoms with Gasteiger partial charge in [-0.2, -0.15) is 0 Å². The van der Waals surface area contributed by atoms with Gasteiger partial charge in [0.05, 0.1) is 12.6 Å². The molecule has 0 heterocycles. The van der Waals surface area contributed by atoms with Crippen LogP contribution in [0.3, 0.4) is 0 Å². The molecule has 482 valence electrons. The summed E-state index contributed by atoms with van der Waals surface area (Å²) >= 11 is 0. The maximum atomic E-state index is 14.7. The minimum atomic E-state index is -1.51. The molecular formula is C62H89N11O15. The molecule has 3 aromatic carbocycles. The van der Waals surface area contributed by atoms with Crippen LogP contribution < -0.4 is 59.3 Å². The minimum Gasteiger partial charge on any atom is -0.508 e. The first-order chi connectivity index (χ1) is 41.5. The number of hydrogen-bond donors (Lipinski definition) is 14. The summed E-state index contributed by atoms with van der Waals surface area (Å²) in [6, 6.07) is 11.0. The topological polar surface area (TPSA) is 426 Å². The van der Waals surface area contributed by atoms with Gasteiger partial charge in [-0.05, 0) is 84.6 Å². The number of rotatable bonds is 38. The average Bonchev–Trinajstić information content (AvgIpc) is 3.63. The molecule has 0 radical (unpaired) electrons. The number of phenols is 1. The highest BCUT2D eigenvalue weighted by molar-refractivity contribution is 5.98. The van der Waals surface area contributed by atoms with Crippen molar-refractivity contribution in [3.8, 4) is 5.75 Å². The van der Waals surface area contributed by atoms with Crippen molar-refractivity contribution in [1.29, 1.82) is 0 Å². The molecule has 0 unspecified atom stereocenters. The fourth-order valence-electron chi connectivity index (χ4n) is 9.21. The zero-order valence-corrected chi connectivity index (χ0v) is 51.3. The lowest BCUT2D eigenvalue weighted by molar-refractivity contribution is -0.144. The van der Waals surface area contributed by atoms with Crippen molar-refractivity contribution in [2.24, 2.45) is 35.1 Å². The van der Waals surface area contributed by atoms with Crippen molar-refractivity contribution < 1.29 is 72.9 Å². The molecule has 0 aliphatic rings. The molecule has 0 spiro atoms. The third-order valence-corrected chi connectivity index (χ3v) is 14.3. The monoisotopic (exact) mass is 1230 g/mol. The summed E-state index contributed by atoms with van der Waals surface area (Å²) in [6.07, 6.45) is -1.40. The van der Waals surface area contributed by atoms with Crippen molar-refractivity contribution in [2.45, 2.75) is 174 Å². The number of carboxylic acid groups (broad SMARTS) is 2. The molecule has 88 heavy (non-hydrogen) atoms. The smallest absolute Gasteiger partial charge is 0.326 e. The Morgan fingerprint density at radius 3 is 1.32 bits per heavy atom. The Kier molecular flexibility index (Phi) is 30.8. The third kappa shape index (κ3) is 26.4. The van der Waals surface area contributed by atoms with Crippen LogP contribution in [0.1, 0.15) is 117 Å². The lowest BCUT2D eigenvalue weighted by Crippen LogP contribution is -2.60. The van der Waals surface area contributed by atoms with Crippen LogP contribution in [0.25, 0.3) is 0 Å². The predicted octanol–water partition coefficient (Wildman–Crippen LogP) is 0.751. The van der Waals surface area contributed by atoms with Crippen LogP contribution in [-0.2, 0) is 76.8 Å². The number of amides is 10. The van der Waals surface area contributed by atoms with Crippen LogP contribution in [0.2, 0.25) is 0 Å². The minimum absolute atomic E-state index is 0.00544. The van der Waals surface area contributed by atoms with Crippen LogP contribution in [0, 0.1) is 23.7 Å². The lowest BCUT2D eigenvalue weighted by atomic mass is 9.97. The Bertz CT molecular complexity index is 2840. The van der Waals surface area contributed by atoms with Crippen molar-refractivity contribution in [3.05, 3.63) is 102 Å². The number of benzene rings is 3. The Hall–Kier alpha value is -8.94. The van der Waals surface area contributed by atoms with E-state index >= 15 is 0 Å². The van der Waals surface area contributed by atoms with E-state index in [0.29, 0.717) is 23.1 Å². The molecule has 0 fully saturated rings. The summed E-state index contributed by atoms with van der Waals surface area (Å²) in [5.74, 6) is -12.6. The molecule has 0 aliphatic heterocycles. The predicted molar refractivity (Wildman–Crippen MR) is 325 cm³/mol. The molecule has 0 saturated carbocycles. The van der Waals surface area contributed by atoms with Gasteiger partial charge in [-0.15, -0.1) is 0 Å². The molecule has 26 heteroatoms. The zero-order chi connectivity index (χ0) is 65.8. The Morgan fingerprint density at radius 1 is 0.455 bits per heavy atom. The molecule has 0 aromatic heterocycles. The van der Waals surface area contributed by atoms with Crippen LogP contribution in [0.15, 0.2) is 84.9 Å². The number of hydrogen-bond acceptors (Lipinski definition) is 14. The fourth-order valence-corrected chi connectivity index (χ4v) is 9.21. The van der Waals surface area contributed by atoms with Gasteiger partial charge in [0.15, 0.2) is 0 Å². The summed E-state index contributed by atoms with van der Waals surface area (Å²) in [5, 5.41) is 52.0. The Labute approximate surface area is 513 Å². The van der Waals surface area contributed by atoms with Crippen LogP contribution in [0.5, 0.6) is 5.75 Å². The SMILES string of the molecule is CC[C@H](C)[C@H](NC(=O)CNC(=O)[C@H](Cc1ccccc1)NC(=O)[C@H](Cc1ccccc1)NC(=O)[C@H](CC(C)C)NC(=O)[C@H](CCC(N)=O)NC(=O)[C@H](CC(C)C)NC(=O)[C@@H](N)Cc1ccc(O)cc1)C(=O)N[C@@H](CCC(=O)O)C(=O)N[C@H](C(=O)O)C(C)C. The fraction of sp³-hybridized carbons (Fsp3) is 0.516. The van der Waals surface area contributed by atoms with E-state index in [2.05, 4.69) is 47.9 Å². The van der Waals surface area contributed by atoms with Gasteiger partial charge in [-0.25, -0.2) is 4.79 Å². The lowest BCUT2D eigenvalue weighted by Gasteiger charge is -2.28. The number of carboxylic acids is 2. The summed E-state index contributed by atoms with van der Waals surface area (Å²) < 4.78 is 0. The molecule has 26 nitrogen and oxygen atoms in total. The highest BCUT2D eigenvalue weighted by Gasteiger charge is 2.36. The maximum Gasteiger partial charge on any atom is 0.326 e.